The summed E-state index contributed by atoms with van der Waals surface area (Å²) in [5.41, 5.74) is 1.48. The van der Waals surface area contributed by atoms with Gasteiger partial charge in [0.05, 0.1) is 0 Å². The average molecular weight is 338 g/mol. The second kappa shape index (κ2) is 7.53. The van der Waals surface area contributed by atoms with Crippen molar-refractivity contribution in [3.8, 4) is 11.5 Å². The second-order valence-corrected chi connectivity index (χ2v) is 5.28. The fourth-order valence-corrected chi connectivity index (χ4v) is 2.10. The van der Waals surface area contributed by atoms with Gasteiger partial charge in [0.1, 0.15) is 5.82 Å². The topological polar surface area (TPSA) is 65.2 Å². The maximum absolute atomic E-state index is 12.8. The highest BCUT2D eigenvalue weighted by Gasteiger charge is 2.17. The summed E-state index contributed by atoms with van der Waals surface area (Å²) in [7, 11) is 0. The van der Waals surface area contributed by atoms with E-state index in [1.165, 1.54) is 24.3 Å². The van der Waals surface area contributed by atoms with Crippen molar-refractivity contribution in [1.29, 1.82) is 0 Å². The molecule has 1 atom stereocenters. The Labute approximate surface area is 143 Å². The molecule has 3 aromatic rings. The first kappa shape index (κ1) is 16.6. The van der Waals surface area contributed by atoms with Gasteiger partial charge in [0.15, 0.2) is 6.10 Å². The fraction of sp³-hybridized carbons (Fsp3) is 0.105. The predicted octanol–water partition coefficient (Wildman–Crippen LogP) is 4.19. The number of benzene rings is 2. The number of nitrogens with zero attached hydrogens (tertiary/aromatic N) is 2. The predicted molar refractivity (Wildman–Crippen MR) is 89.7 cm³/mol. The number of halogens is 1. The summed E-state index contributed by atoms with van der Waals surface area (Å²) >= 11 is 0. The van der Waals surface area contributed by atoms with Crippen molar-refractivity contribution in [3.05, 3.63) is 77.9 Å². The molecule has 0 aliphatic carbocycles. The summed E-state index contributed by atoms with van der Waals surface area (Å²) in [5.74, 6) is -0.321. The monoisotopic (exact) mass is 338 g/mol. The standard InChI is InChI=1S/C19H15FN2O3/c1-13(18-21-22-19(25-18)15-5-3-2-4-6-15)24-17(23)12-9-14-7-10-16(20)11-8-14/h2-13H,1H3/b12-9+/t13-/m0/s1. The Balaban J connectivity index is 1.62. The maximum Gasteiger partial charge on any atom is 0.331 e. The number of rotatable bonds is 5. The lowest BCUT2D eigenvalue weighted by Crippen LogP contribution is -2.06. The van der Waals surface area contributed by atoms with E-state index in [9.17, 15) is 9.18 Å². The van der Waals surface area contributed by atoms with Crippen LogP contribution in [0.5, 0.6) is 0 Å². The Kier molecular flexibility index (Phi) is 4.99. The van der Waals surface area contributed by atoms with E-state index in [0.29, 0.717) is 11.5 Å². The van der Waals surface area contributed by atoms with Crippen molar-refractivity contribution in [2.75, 3.05) is 0 Å². The van der Waals surface area contributed by atoms with Crippen LogP contribution in [0.2, 0.25) is 0 Å². The summed E-state index contributed by atoms with van der Waals surface area (Å²) in [4.78, 5) is 11.9. The third-order valence-corrected chi connectivity index (χ3v) is 3.38. The number of carbonyl (C=O) groups excluding carboxylic acids is 1. The molecule has 0 bridgehead atoms. The van der Waals surface area contributed by atoms with E-state index < -0.39 is 12.1 Å². The zero-order valence-corrected chi connectivity index (χ0v) is 13.4. The summed E-state index contributed by atoms with van der Waals surface area (Å²) in [6.45, 7) is 1.64. The molecule has 0 saturated heterocycles. The normalized spacial score (nSPS) is 12.2. The maximum atomic E-state index is 12.8. The molecule has 0 unspecified atom stereocenters. The Bertz CT molecular complexity index is 873. The van der Waals surface area contributed by atoms with Crippen molar-refractivity contribution in [3.63, 3.8) is 0 Å². The van der Waals surface area contributed by atoms with Gasteiger partial charge in [0.2, 0.25) is 5.89 Å². The summed E-state index contributed by atoms with van der Waals surface area (Å²) in [5, 5.41) is 7.87. The fourth-order valence-electron chi connectivity index (χ4n) is 2.10. The van der Waals surface area contributed by atoms with E-state index >= 15 is 0 Å². The number of carbonyl (C=O) groups is 1. The first-order valence-electron chi connectivity index (χ1n) is 7.65. The quantitative estimate of drug-likeness (QED) is 0.515. The summed E-state index contributed by atoms with van der Waals surface area (Å²) in [6.07, 6.45) is 2.12. The molecule has 126 valence electrons. The van der Waals surface area contributed by atoms with Gasteiger partial charge < -0.3 is 9.15 Å². The lowest BCUT2D eigenvalue weighted by molar-refractivity contribution is -0.143. The van der Waals surface area contributed by atoms with Gasteiger partial charge in [-0.25, -0.2) is 9.18 Å². The van der Waals surface area contributed by atoms with Crippen LogP contribution in [0.25, 0.3) is 17.5 Å². The van der Waals surface area contributed by atoms with E-state index in [1.807, 2.05) is 30.3 Å². The molecule has 5 nitrogen and oxygen atoms in total. The highest BCUT2D eigenvalue weighted by Crippen LogP contribution is 2.22. The molecule has 0 saturated carbocycles. The van der Waals surface area contributed by atoms with Crippen LogP contribution in [0.4, 0.5) is 4.39 Å². The van der Waals surface area contributed by atoms with E-state index in [2.05, 4.69) is 10.2 Å². The van der Waals surface area contributed by atoms with Gasteiger partial charge in [-0.3, -0.25) is 0 Å². The van der Waals surface area contributed by atoms with Crippen LogP contribution in [0, 0.1) is 5.82 Å². The average Bonchev–Trinajstić information content (AvgIpc) is 3.12. The van der Waals surface area contributed by atoms with Gasteiger partial charge in [-0.2, -0.15) is 0 Å². The van der Waals surface area contributed by atoms with Gasteiger partial charge in [0, 0.05) is 11.6 Å². The van der Waals surface area contributed by atoms with Crippen LogP contribution in [0.3, 0.4) is 0 Å². The molecule has 25 heavy (non-hydrogen) atoms. The zero-order valence-electron chi connectivity index (χ0n) is 13.4. The van der Waals surface area contributed by atoms with Crippen LogP contribution in [-0.2, 0) is 9.53 Å². The molecule has 0 aliphatic rings. The number of esters is 1. The van der Waals surface area contributed by atoms with Crippen LogP contribution >= 0.6 is 0 Å². The van der Waals surface area contributed by atoms with Crippen LogP contribution < -0.4 is 0 Å². The largest absolute Gasteiger partial charge is 0.449 e. The van der Waals surface area contributed by atoms with Crippen molar-refractivity contribution in [2.24, 2.45) is 0 Å². The molecule has 2 aromatic carbocycles. The molecule has 1 aromatic heterocycles. The van der Waals surface area contributed by atoms with Gasteiger partial charge in [-0.1, -0.05) is 30.3 Å². The summed E-state index contributed by atoms with van der Waals surface area (Å²) < 4.78 is 23.6. The van der Waals surface area contributed by atoms with Gasteiger partial charge >= 0.3 is 5.97 Å². The molecular formula is C19H15FN2O3. The lowest BCUT2D eigenvalue weighted by atomic mass is 10.2. The molecule has 3 rings (SSSR count). The minimum Gasteiger partial charge on any atom is -0.449 e. The zero-order chi connectivity index (χ0) is 17.6. The number of hydrogen-bond donors (Lipinski definition) is 0. The van der Waals surface area contributed by atoms with Gasteiger partial charge in [-0.15, -0.1) is 10.2 Å². The molecule has 0 radical (unpaired) electrons. The van der Waals surface area contributed by atoms with Crippen molar-refractivity contribution in [2.45, 2.75) is 13.0 Å². The molecular weight excluding hydrogens is 323 g/mol. The lowest BCUT2D eigenvalue weighted by Gasteiger charge is -2.06. The van der Waals surface area contributed by atoms with E-state index in [-0.39, 0.29) is 11.7 Å². The van der Waals surface area contributed by atoms with Crippen LogP contribution in [0.15, 0.2) is 65.1 Å². The Morgan fingerprint density at radius 2 is 1.84 bits per heavy atom. The van der Waals surface area contributed by atoms with Gasteiger partial charge in [-0.05, 0) is 42.8 Å². The van der Waals surface area contributed by atoms with Gasteiger partial charge in [0.25, 0.3) is 5.89 Å². The Morgan fingerprint density at radius 1 is 1.12 bits per heavy atom. The molecule has 6 heteroatoms. The molecule has 0 amide bonds. The van der Waals surface area contributed by atoms with Crippen molar-refractivity contribution >= 4 is 12.0 Å². The molecule has 0 N–H and O–H groups in total. The highest BCUT2D eigenvalue weighted by atomic mass is 19.1. The number of hydrogen-bond acceptors (Lipinski definition) is 5. The van der Waals surface area contributed by atoms with Crippen molar-refractivity contribution < 1.29 is 18.3 Å². The molecule has 0 spiro atoms. The smallest absolute Gasteiger partial charge is 0.331 e. The first-order chi connectivity index (χ1) is 12.1. The van der Waals surface area contributed by atoms with E-state index in [4.69, 9.17) is 9.15 Å². The van der Waals surface area contributed by atoms with Crippen LogP contribution in [-0.4, -0.2) is 16.2 Å². The third-order valence-electron chi connectivity index (χ3n) is 3.38. The second-order valence-electron chi connectivity index (χ2n) is 5.28. The van der Waals surface area contributed by atoms with Crippen LogP contribution in [0.1, 0.15) is 24.5 Å². The Morgan fingerprint density at radius 3 is 2.56 bits per heavy atom. The summed E-state index contributed by atoms with van der Waals surface area (Å²) in [6, 6.07) is 15.1. The minimum absolute atomic E-state index is 0.211. The first-order valence-corrected chi connectivity index (χ1v) is 7.65. The van der Waals surface area contributed by atoms with E-state index in [1.54, 1.807) is 19.1 Å². The number of aromatic nitrogens is 2. The molecule has 0 fully saturated rings. The minimum atomic E-state index is -0.685. The highest BCUT2D eigenvalue weighted by molar-refractivity contribution is 5.87. The third kappa shape index (κ3) is 4.38. The van der Waals surface area contributed by atoms with E-state index in [0.717, 1.165) is 5.56 Å². The number of ether oxygens (including phenoxy) is 1. The SMILES string of the molecule is C[C@H](OC(=O)/C=C/c1ccc(F)cc1)c1nnc(-c2ccccc2)o1. The molecule has 1 heterocycles. The van der Waals surface area contributed by atoms with Crippen molar-refractivity contribution in [1.82, 2.24) is 10.2 Å². The Hall–Kier alpha value is -3.28. The molecule has 0 aliphatic heterocycles.